The fourth-order valence-electron chi connectivity index (χ4n) is 4.69. The molecule has 1 fully saturated rings. The smallest absolute Gasteiger partial charge is 0.149 e. The molecule has 0 radical (unpaired) electrons. The van der Waals surface area contributed by atoms with Crippen molar-refractivity contribution in [3.63, 3.8) is 0 Å². The summed E-state index contributed by atoms with van der Waals surface area (Å²) < 4.78 is 15.2. The van der Waals surface area contributed by atoms with Crippen molar-refractivity contribution in [1.82, 2.24) is 9.80 Å². The zero-order valence-electron chi connectivity index (χ0n) is 22.3. The number of aryl methyl sites for hydroxylation is 4. The van der Waals surface area contributed by atoms with Crippen molar-refractivity contribution in [1.29, 1.82) is 0 Å². The van der Waals surface area contributed by atoms with E-state index in [0.29, 0.717) is 30.2 Å². The second-order valence-corrected chi connectivity index (χ2v) is 11.6. The maximum absolute atomic E-state index is 15.2. The van der Waals surface area contributed by atoms with Gasteiger partial charge in [0.25, 0.3) is 0 Å². The van der Waals surface area contributed by atoms with Crippen molar-refractivity contribution in [2.45, 2.75) is 41.0 Å². The minimum Gasteiger partial charge on any atom is -0.342 e. The van der Waals surface area contributed by atoms with E-state index in [1.807, 2.05) is 56.9 Å². The number of hydrogen-bond donors (Lipinski definition) is 0. The van der Waals surface area contributed by atoms with Crippen LogP contribution >= 0.6 is 58.0 Å². The Morgan fingerprint density at radius 2 is 1.31 bits per heavy atom. The first-order valence-electron chi connectivity index (χ1n) is 12.4. The van der Waals surface area contributed by atoms with Crippen LogP contribution in [0.3, 0.4) is 0 Å². The summed E-state index contributed by atoms with van der Waals surface area (Å²) in [6.07, 6.45) is 0.790. The molecule has 0 aliphatic carbocycles. The summed E-state index contributed by atoms with van der Waals surface area (Å²) in [6.45, 7) is 11.5. The van der Waals surface area contributed by atoms with Crippen molar-refractivity contribution in [3.05, 3.63) is 89.1 Å². The van der Waals surface area contributed by atoms with Gasteiger partial charge in [0.15, 0.2) is 0 Å². The molecule has 1 aliphatic rings. The number of halogens is 6. The molecule has 1 saturated heterocycles. The number of aliphatic imine (C=N–C) groups is 2. The van der Waals surface area contributed by atoms with E-state index < -0.39 is 5.82 Å². The molecule has 0 aromatic heterocycles. The first-order chi connectivity index (χ1) is 18.4. The molecule has 1 aliphatic heterocycles. The van der Waals surface area contributed by atoms with E-state index in [1.165, 1.54) is 6.07 Å². The predicted molar refractivity (Wildman–Crippen MR) is 165 cm³/mol. The third kappa shape index (κ3) is 6.18. The number of benzene rings is 3. The van der Waals surface area contributed by atoms with Gasteiger partial charge in [-0.2, -0.15) is 0 Å². The molecule has 0 bridgehead atoms. The summed E-state index contributed by atoms with van der Waals surface area (Å²) in [5, 5.41) is 0.346. The van der Waals surface area contributed by atoms with Crippen molar-refractivity contribution in [3.8, 4) is 0 Å². The summed E-state index contributed by atoms with van der Waals surface area (Å²) in [7, 11) is 0. The molecular formula is C29H28Cl5FN4. The van der Waals surface area contributed by atoms with Crippen LogP contribution in [0.5, 0.6) is 0 Å². The molecule has 1 heterocycles. The highest BCUT2D eigenvalue weighted by molar-refractivity contribution is 6.56. The highest BCUT2D eigenvalue weighted by atomic mass is 35.5. The fraction of sp³-hybridized carbons (Fsp3) is 0.310. The average Bonchev–Trinajstić information content (AvgIpc) is 2.89. The molecule has 3 aromatic carbocycles. The van der Waals surface area contributed by atoms with Crippen LogP contribution in [0.25, 0.3) is 0 Å². The van der Waals surface area contributed by atoms with Crippen molar-refractivity contribution >= 4 is 81.1 Å². The van der Waals surface area contributed by atoms with Gasteiger partial charge >= 0.3 is 0 Å². The molecule has 206 valence electrons. The molecule has 39 heavy (non-hydrogen) atoms. The zero-order valence-corrected chi connectivity index (χ0v) is 26.1. The Balaban J connectivity index is 1.85. The van der Waals surface area contributed by atoms with E-state index in [2.05, 4.69) is 4.90 Å². The summed E-state index contributed by atoms with van der Waals surface area (Å²) >= 11 is 32.6. The SMILES string of the molecule is C/C(=N\c1c(C)cccc1C)N1CCCN(/C(=N/c2c(C)cc(C)cc2F)c2c(Cl)c(Cl)c(Cl)c(Cl)c2Cl)C1. The van der Waals surface area contributed by atoms with Crippen molar-refractivity contribution in [2.24, 2.45) is 9.98 Å². The highest BCUT2D eigenvalue weighted by Crippen LogP contribution is 2.45. The van der Waals surface area contributed by atoms with Crippen molar-refractivity contribution < 1.29 is 4.39 Å². The van der Waals surface area contributed by atoms with E-state index in [1.54, 1.807) is 6.92 Å². The Morgan fingerprint density at radius 3 is 1.90 bits per heavy atom. The lowest BCUT2D eigenvalue weighted by Crippen LogP contribution is -2.49. The van der Waals surface area contributed by atoms with Crippen LogP contribution in [-0.4, -0.2) is 41.2 Å². The number of hydrogen-bond acceptors (Lipinski definition) is 2. The largest absolute Gasteiger partial charge is 0.342 e. The van der Waals surface area contributed by atoms with Gasteiger partial charge < -0.3 is 9.80 Å². The van der Waals surface area contributed by atoms with E-state index in [9.17, 15) is 0 Å². The van der Waals surface area contributed by atoms with Gasteiger partial charge in [0, 0.05) is 13.1 Å². The van der Waals surface area contributed by atoms with Gasteiger partial charge in [-0.3, -0.25) is 0 Å². The molecular weight excluding hydrogens is 601 g/mol. The van der Waals surface area contributed by atoms with Crippen LogP contribution in [0.1, 0.15) is 41.2 Å². The van der Waals surface area contributed by atoms with Crippen molar-refractivity contribution in [2.75, 3.05) is 19.8 Å². The first kappa shape index (κ1) is 30.0. The van der Waals surface area contributed by atoms with Gasteiger partial charge in [-0.1, -0.05) is 82.3 Å². The molecule has 4 nitrogen and oxygen atoms in total. The lowest BCUT2D eigenvalue weighted by molar-refractivity contribution is 0.212. The standard InChI is InChI=1S/C29H28Cl5FN4/c1-15-12-18(4)28(20(35)13-15)37-29(21-22(30)24(32)26(34)25(33)23(21)31)39-11-7-10-38(14-39)19(5)36-27-16(2)8-6-9-17(27)3/h6,8-9,12-13H,7,10-11,14H2,1-5H3/b36-19+,37-29+. The van der Waals surface area contributed by atoms with Gasteiger partial charge in [0.05, 0.1) is 43.0 Å². The molecule has 0 atom stereocenters. The maximum atomic E-state index is 15.2. The summed E-state index contributed by atoms with van der Waals surface area (Å²) in [6, 6.07) is 9.42. The summed E-state index contributed by atoms with van der Waals surface area (Å²) in [5.74, 6) is 0.740. The zero-order chi connectivity index (χ0) is 28.6. The molecule has 0 saturated carbocycles. The molecule has 0 spiro atoms. The van der Waals surface area contributed by atoms with Crippen LogP contribution in [0, 0.1) is 33.5 Å². The third-order valence-corrected chi connectivity index (χ3v) is 8.99. The summed E-state index contributed by atoms with van der Waals surface area (Å²) in [5.41, 5.74) is 5.08. The van der Waals surface area contributed by atoms with Gasteiger partial charge in [0.1, 0.15) is 23.2 Å². The molecule has 10 heteroatoms. The van der Waals surface area contributed by atoms with Crippen LogP contribution in [0.15, 0.2) is 40.3 Å². The first-order valence-corrected chi connectivity index (χ1v) is 14.3. The van der Waals surface area contributed by atoms with Gasteiger partial charge in [-0.05, 0) is 69.4 Å². The summed E-state index contributed by atoms with van der Waals surface area (Å²) in [4.78, 5) is 13.9. The van der Waals surface area contributed by atoms with E-state index in [0.717, 1.165) is 41.2 Å². The number of nitrogens with zero attached hydrogens (tertiary/aromatic N) is 4. The molecule has 0 amide bonds. The van der Waals surface area contributed by atoms with Gasteiger partial charge in [-0.15, -0.1) is 0 Å². The Bertz CT molecular complexity index is 1430. The minimum absolute atomic E-state index is 0.0472. The fourth-order valence-corrected chi connectivity index (χ4v) is 6.00. The third-order valence-electron chi connectivity index (χ3n) is 6.72. The Morgan fingerprint density at radius 1 is 0.744 bits per heavy atom. The van der Waals surface area contributed by atoms with Crippen LogP contribution in [0.4, 0.5) is 15.8 Å². The highest BCUT2D eigenvalue weighted by Gasteiger charge is 2.29. The average molecular weight is 629 g/mol. The van der Waals surface area contributed by atoms with E-state index in [-0.39, 0.29) is 30.8 Å². The van der Waals surface area contributed by atoms with E-state index in [4.69, 9.17) is 68.0 Å². The minimum atomic E-state index is -0.454. The van der Waals surface area contributed by atoms with Crippen LogP contribution < -0.4 is 0 Å². The molecule has 4 rings (SSSR count). The molecule has 3 aromatic rings. The Hall–Kier alpha value is -2.02. The normalized spacial score (nSPS) is 14.8. The second kappa shape index (κ2) is 12.2. The number of para-hydroxylation sites is 1. The lowest BCUT2D eigenvalue weighted by atomic mass is 10.1. The van der Waals surface area contributed by atoms with Crippen LogP contribution in [-0.2, 0) is 0 Å². The number of amidine groups is 2. The van der Waals surface area contributed by atoms with Gasteiger partial charge in [-0.25, -0.2) is 14.4 Å². The van der Waals surface area contributed by atoms with Crippen LogP contribution in [0.2, 0.25) is 25.1 Å². The van der Waals surface area contributed by atoms with E-state index >= 15 is 4.39 Å². The predicted octanol–water partition coefficient (Wildman–Crippen LogP) is 10.1. The number of rotatable bonds is 3. The monoisotopic (exact) mass is 626 g/mol. The molecule has 0 N–H and O–H groups in total. The quantitative estimate of drug-likeness (QED) is 0.125. The second-order valence-electron chi connectivity index (χ2n) is 9.71. The van der Waals surface area contributed by atoms with Gasteiger partial charge in [0.2, 0.25) is 0 Å². The Kier molecular flexibility index (Phi) is 9.40. The Labute approximate surface area is 254 Å². The topological polar surface area (TPSA) is 31.2 Å². The maximum Gasteiger partial charge on any atom is 0.149 e. The molecule has 0 unspecified atom stereocenters. The lowest BCUT2D eigenvalue weighted by Gasteiger charge is -2.39.